The molecule has 0 aliphatic carbocycles. The first-order valence-electron chi connectivity index (χ1n) is 6.29. The molecule has 1 fully saturated rings. The third-order valence-corrected chi connectivity index (χ3v) is 5.14. The van der Waals surface area contributed by atoms with Crippen LogP contribution in [0.2, 0.25) is 0 Å². The Morgan fingerprint density at radius 1 is 1.61 bits per heavy atom. The van der Waals surface area contributed by atoms with Gasteiger partial charge in [-0.15, -0.1) is 11.3 Å². The van der Waals surface area contributed by atoms with E-state index in [2.05, 4.69) is 40.3 Å². The molecule has 0 spiro atoms. The van der Waals surface area contributed by atoms with E-state index < -0.39 is 0 Å². The number of halogens is 1. The molecular weight excluding hydrogens is 312 g/mol. The van der Waals surface area contributed by atoms with Gasteiger partial charge in [0.1, 0.15) is 0 Å². The average Bonchev–Trinajstić information content (AvgIpc) is 2.73. The SMILES string of the molecule is CC(=O)N1CC[C@@H](NCc2ccc(Br)s2)[C@H](C)C1. The fraction of sp³-hybridized carbons (Fsp3) is 0.615. The van der Waals surface area contributed by atoms with E-state index in [0.29, 0.717) is 12.0 Å². The van der Waals surface area contributed by atoms with Crippen molar-refractivity contribution in [2.24, 2.45) is 5.92 Å². The zero-order valence-electron chi connectivity index (χ0n) is 10.8. The normalized spacial score (nSPS) is 24.3. The highest BCUT2D eigenvalue weighted by atomic mass is 79.9. The van der Waals surface area contributed by atoms with Crippen molar-refractivity contribution in [3.05, 3.63) is 20.8 Å². The second-order valence-corrected chi connectivity index (χ2v) is 7.47. The number of carbonyl (C=O) groups is 1. The summed E-state index contributed by atoms with van der Waals surface area (Å²) in [6.45, 7) is 6.55. The zero-order valence-corrected chi connectivity index (χ0v) is 13.2. The van der Waals surface area contributed by atoms with E-state index in [-0.39, 0.29) is 5.91 Å². The van der Waals surface area contributed by atoms with Gasteiger partial charge in [0.2, 0.25) is 5.91 Å². The molecule has 3 nitrogen and oxygen atoms in total. The Hall–Kier alpha value is -0.390. The number of amides is 1. The molecule has 1 aliphatic heterocycles. The van der Waals surface area contributed by atoms with Gasteiger partial charge in [0.05, 0.1) is 3.79 Å². The average molecular weight is 331 g/mol. The lowest BCUT2D eigenvalue weighted by atomic mass is 9.94. The number of nitrogens with zero attached hydrogens (tertiary/aromatic N) is 1. The molecule has 100 valence electrons. The van der Waals surface area contributed by atoms with Gasteiger partial charge in [-0.2, -0.15) is 0 Å². The van der Waals surface area contributed by atoms with Crippen LogP contribution in [0.25, 0.3) is 0 Å². The number of thiophene rings is 1. The van der Waals surface area contributed by atoms with Crippen LogP contribution in [0, 0.1) is 5.92 Å². The third kappa shape index (κ3) is 3.56. The highest BCUT2D eigenvalue weighted by Crippen LogP contribution is 2.23. The summed E-state index contributed by atoms with van der Waals surface area (Å²) in [5.41, 5.74) is 0. The summed E-state index contributed by atoms with van der Waals surface area (Å²) in [6.07, 6.45) is 1.05. The van der Waals surface area contributed by atoms with Gasteiger partial charge in [-0.3, -0.25) is 4.79 Å². The van der Waals surface area contributed by atoms with Crippen molar-refractivity contribution in [1.82, 2.24) is 10.2 Å². The van der Waals surface area contributed by atoms with Crippen molar-refractivity contribution in [3.63, 3.8) is 0 Å². The molecule has 0 bridgehead atoms. The largest absolute Gasteiger partial charge is 0.343 e. The van der Waals surface area contributed by atoms with Crippen molar-refractivity contribution < 1.29 is 4.79 Å². The van der Waals surface area contributed by atoms with Crippen molar-refractivity contribution in [3.8, 4) is 0 Å². The second kappa shape index (κ2) is 6.17. The molecule has 5 heteroatoms. The van der Waals surface area contributed by atoms with Gasteiger partial charge in [-0.25, -0.2) is 0 Å². The predicted molar refractivity (Wildman–Crippen MR) is 78.7 cm³/mol. The number of hydrogen-bond acceptors (Lipinski definition) is 3. The molecule has 2 heterocycles. The highest BCUT2D eigenvalue weighted by Gasteiger charge is 2.26. The molecule has 1 aromatic rings. The van der Waals surface area contributed by atoms with Crippen LogP contribution in [0.1, 0.15) is 25.1 Å². The molecule has 1 aliphatic rings. The lowest BCUT2D eigenvalue weighted by Crippen LogP contribution is -2.49. The summed E-state index contributed by atoms with van der Waals surface area (Å²) in [6, 6.07) is 4.75. The summed E-state index contributed by atoms with van der Waals surface area (Å²) < 4.78 is 1.18. The van der Waals surface area contributed by atoms with Crippen molar-refractivity contribution in [2.75, 3.05) is 13.1 Å². The number of rotatable bonds is 3. The Balaban J connectivity index is 1.82. The molecule has 2 rings (SSSR count). The number of carbonyl (C=O) groups excluding carboxylic acids is 1. The summed E-state index contributed by atoms with van der Waals surface area (Å²) in [5, 5.41) is 3.61. The molecule has 1 aromatic heterocycles. The zero-order chi connectivity index (χ0) is 13.1. The van der Waals surface area contributed by atoms with E-state index in [1.54, 1.807) is 18.3 Å². The Bertz CT molecular complexity index is 421. The molecule has 0 radical (unpaired) electrons. The van der Waals surface area contributed by atoms with Crippen LogP contribution in [0.15, 0.2) is 15.9 Å². The van der Waals surface area contributed by atoms with Gasteiger partial charge < -0.3 is 10.2 Å². The van der Waals surface area contributed by atoms with Crippen LogP contribution in [-0.2, 0) is 11.3 Å². The maximum Gasteiger partial charge on any atom is 0.219 e. The van der Waals surface area contributed by atoms with Crippen LogP contribution in [0.3, 0.4) is 0 Å². The Labute approximate surface area is 121 Å². The fourth-order valence-corrected chi connectivity index (χ4v) is 3.85. The van der Waals surface area contributed by atoms with E-state index >= 15 is 0 Å². The lowest BCUT2D eigenvalue weighted by molar-refractivity contribution is -0.130. The summed E-state index contributed by atoms with van der Waals surface area (Å²) in [7, 11) is 0. The van der Waals surface area contributed by atoms with Gasteiger partial charge in [0, 0.05) is 37.5 Å². The van der Waals surface area contributed by atoms with Crippen molar-refractivity contribution >= 4 is 33.2 Å². The Morgan fingerprint density at radius 3 is 2.94 bits per heavy atom. The lowest BCUT2D eigenvalue weighted by Gasteiger charge is -2.37. The molecular formula is C13H19BrN2OS. The summed E-state index contributed by atoms with van der Waals surface area (Å²) >= 11 is 5.25. The third-order valence-electron chi connectivity index (χ3n) is 3.52. The summed E-state index contributed by atoms with van der Waals surface area (Å²) in [5.74, 6) is 0.716. The fourth-order valence-electron chi connectivity index (χ4n) is 2.41. The molecule has 0 aromatic carbocycles. The molecule has 18 heavy (non-hydrogen) atoms. The molecule has 1 N–H and O–H groups in total. The number of piperidine rings is 1. The van der Waals surface area contributed by atoms with Gasteiger partial charge in [-0.05, 0) is 40.4 Å². The second-order valence-electron chi connectivity index (χ2n) is 4.92. The maximum atomic E-state index is 11.3. The molecule has 1 saturated heterocycles. The van der Waals surface area contributed by atoms with Gasteiger partial charge in [-0.1, -0.05) is 6.92 Å². The minimum atomic E-state index is 0.197. The standard InChI is InChI=1S/C13H19BrN2OS/c1-9-8-16(10(2)17)6-5-12(9)15-7-11-3-4-13(14)18-11/h3-4,9,12,15H,5-8H2,1-2H3/t9-,12-/m1/s1. The molecule has 0 saturated carbocycles. The van der Waals surface area contributed by atoms with Crippen LogP contribution in [-0.4, -0.2) is 29.9 Å². The first-order chi connectivity index (χ1) is 8.56. The van der Waals surface area contributed by atoms with E-state index in [9.17, 15) is 4.79 Å². The van der Waals surface area contributed by atoms with Gasteiger partial charge in [0.25, 0.3) is 0 Å². The Morgan fingerprint density at radius 2 is 2.39 bits per heavy atom. The van der Waals surface area contributed by atoms with Gasteiger partial charge in [0.15, 0.2) is 0 Å². The van der Waals surface area contributed by atoms with E-state index in [0.717, 1.165) is 26.1 Å². The van der Waals surface area contributed by atoms with Crippen molar-refractivity contribution in [1.29, 1.82) is 0 Å². The van der Waals surface area contributed by atoms with E-state index in [4.69, 9.17) is 0 Å². The monoisotopic (exact) mass is 330 g/mol. The number of hydrogen-bond donors (Lipinski definition) is 1. The smallest absolute Gasteiger partial charge is 0.219 e. The quantitative estimate of drug-likeness (QED) is 0.924. The minimum absolute atomic E-state index is 0.197. The van der Waals surface area contributed by atoms with E-state index in [1.165, 1.54) is 8.66 Å². The number of likely N-dealkylation sites (tertiary alicyclic amines) is 1. The molecule has 1 amide bonds. The van der Waals surface area contributed by atoms with Crippen molar-refractivity contribution in [2.45, 2.75) is 32.9 Å². The van der Waals surface area contributed by atoms with E-state index in [1.807, 2.05) is 4.90 Å². The van der Waals surface area contributed by atoms with Gasteiger partial charge >= 0.3 is 0 Å². The highest BCUT2D eigenvalue weighted by molar-refractivity contribution is 9.11. The first kappa shape index (κ1) is 14.0. The minimum Gasteiger partial charge on any atom is -0.343 e. The number of nitrogens with one attached hydrogen (secondary N) is 1. The maximum absolute atomic E-state index is 11.3. The van der Waals surface area contributed by atoms with Crippen LogP contribution in [0.4, 0.5) is 0 Å². The summed E-state index contributed by atoms with van der Waals surface area (Å²) in [4.78, 5) is 14.6. The van der Waals surface area contributed by atoms with Crippen LogP contribution in [0.5, 0.6) is 0 Å². The molecule has 2 atom stereocenters. The van der Waals surface area contributed by atoms with Crippen LogP contribution >= 0.6 is 27.3 Å². The predicted octanol–water partition coefficient (Wildman–Crippen LogP) is 2.86. The first-order valence-corrected chi connectivity index (χ1v) is 7.90. The topological polar surface area (TPSA) is 32.3 Å². The molecule has 0 unspecified atom stereocenters. The van der Waals surface area contributed by atoms with Crippen LogP contribution < -0.4 is 5.32 Å². The Kier molecular flexibility index (Phi) is 4.81.